The standard InChI is InChI=1S/C32H32N4O11/c1-18(37)43-17-28-29(44-19(2)38)30(45-20(3)39)31(46-21(4)40)32(47-28)36-16-23(33-34-36)15-35-14-22(24-8-5-6-9-25(24)35)11-12-26(41)27-10-7-13-42-27/h5-14,16,28-32H,15,17H2,1-4H3/b12-11+/t28-,29-,30+,31-,32-/m1/s1. The number of rotatable bonds is 11. The van der Waals surface area contributed by atoms with Gasteiger partial charge in [-0.1, -0.05) is 23.4 Å². The molecule has 1 aliphatic heterocycles. The number of nitrogens with zero attached hydrogens (tertiary/aromatic N) is 4. The Labute approximate surface area is 267 Å². The molecule has 0 amide bonds. The van der Waals surface area contributed by atoms with Gasteiger partial charge in [0.1, 0.15) is 18.4 Å². The minimum Gasteiger partial charge on any atom is -0.463 e. The van der Waals surface area contributed by atoms with Gasteiger partial charge >= 0.3 is 23.9 Å². The summed E-state index contributed by atoms with van der Waals surface area (Å²) in [6.07, 6.45) is 1.66. The van der Waals surface area contributed by atoms with E-state index in [0.717, 1.165) is 37.2 Å². The zero-order chi connectivity index (χ0) is 33.7. The van der Waals surface area contributed by atoms with E-state index in [1.54, 1.807) is 24.4 Å². The lowest BCUT2D eigenvalue weighted by Gasteiger charge is -2.44. The van der Waals surface area contributed by atoms with Crippen LogP contribution in [0.2, 0.25) is 0 Å². The molecule has 4 heterocycles. The Morgan fingerprint density at radius 1 is 0.851 bits per heavy atom. The fourth-order valence-corrected chi connectivity index (χ4v) is 5.31. The van der Waals surface area contributed by atoms with Gasteiger partial charge in [0.15, 0.2) is 30.3 Å². The van der Waals surface area contributed by atoms with Crippen molar-refractivity contribution in [2.45, 2.75) is 64.9 Å². The van der Waals surface area contributed by atoms with Crippen LogP contribution in [0.1, 0.15) is 55.7 Å². The predicted molar refractivity (Wildman–Crippen MR) is 160 cm³/mol. The van der Waals surface area contributed by atoms with Gasteiger partial charge in [-0.15, -0.1) is 5.10 Å². The topological polar surface area (TPSA) is 180 Å². The molecule has 1 fully saturated rings. The highest BCUT2D eigenvalue weighted by molar-refractivity contribution is 6.06. The number of hydrogen-bond acceptors (Lipinski definition) is 13. The van der Waals surface area contributed by atoms with Crippen molar-refractivity contribution in [1.82, 2.24) is 19.6 Å². The van der Waals surface area contributed by atoms with E-state index in [1.807, 2.05) is 35.0 Å². The second-order valence-corrected chi connectivity index (χ2v) is 10.7. The molecule has 1 aliphatic rings. The maximum absolute atomic E-state index is 12.5. The zero-order valence-electron chi connectivity index (χ0n) is 25.9. The van der Waals surface area contributed by atoms with Crippen LogP contribution in [0.5, 0.6) is 0 Å². The summed E-state index contributed by atoms with van der Waals surface area (Å²) in [6.45, 7) is 4.51. The quantitative estimate of drug-likeness (QED) is 0.100. The maximum Gasteiger partial charge on any atom is 0.303 e. The third kappa shape index (κ3) is 7.81. The van der Waals surface area contributed by atoms with Crippen molar-refractivity contribution in [3.05, 3.63) is 78.1 Å². The predicted octanol–water partition coefficient (Wildman–Crippen LogP) is 3.03. The van der Waals surface area contributed by atoms with E-state index in [1.165, 1.54) is 23.9 Å². The first kappa shape index (κ1) is 32.8. The van der Waals surface area contributed by atoms with Crippen molar-refractivity contribution >= 4 is 46.6 Å². The van der Waals surface area contributed by atoms with Crippen molar-refractivity contribution in [2.75, 3.05) is 6.61 Å². The number of para-hydroxylation sites is 1. The Hall–Kier alpha value is -5.57. The SMILES string of the molecule is CC(=O)OC[C@H]1O[C@@H](n2cc(Cn3cc(/C=C/C(=O)c4ccco4)c4ccccc43)nn2)[C@H](OC(C)=O)[C@@H](OC(C)=O)[C@@H]1OC(C)=O. The summed E-state index contributed by atoms with van der Waals surface area (Å²) in [4.78, 5) is 60.5. The Bertz CT molecular complexity index is 1810. The van der Waals surface area contributed by atoms with Crippen LogP contribution in [0, 0.1) is 0 Å². The van der Waals surface area contributed by atoms with Crippen molar-refractivity contribution in [2.24, 2.45) is 0 Å². The van der Waals surface area contributed by atoms with E-state index >= 15 is 0 Å². The van der Waals surface area contributed by atoms with Crippen LogP contribution < -0.4 is 0 Å². The lowest BCUT2D eigenvalue weighted by atomic mass is 9.97. The molecule has 1 saturated heterocycles. The Morgan fingerprint density at radius 2 is 1.55 bits per heavy atom. The monoisotopic (exact) mass is 648 g/mol. The highest BCUT2D eigenvalue weighted by Crippen LogP contribution is 2.34. The van der Waals surface area contributed by atoms with E-state index in [2.05, 4.69) is 10.3 Å². The number of carbonyl (C=O) groups is 5. The molecule has 3 aromatic heterocycles. The minimum absolute atomic E-state index is 0.226. The summed E-state index contributed by atoms with van der Waals surface area (Å²) in [5.41, 5.74) is 2.12. The van der Waals surface area contributed by atoms with Gasteiger partial charge in [0.2, 0.25) is 5.78 Å². The normalized spacial score (nSPS) is 21.0. The van der Waals surface area contributed by atoms with Gasteiger partial charge in [-0.2, -0.15) is 0 Å². The summed E-state index contributed by atoms with van der Waals surface area (Å²) in [5.74, 6) is -2.88. The molecule has 15 heteroatoms. The molecule has 0 spiro atoms. The number of allylic oxidation sites excluding steroid dienone is 1. The molecular weight excluding hydrogens is 616 g/mol. The van der Waals surface area contributed by atoms with Gasteiger partial charge < -0.3 is 32.7 Å². The van der Waals surface area contributed by atoms with Gasteiger partial charge in [0.25, 0.3) is 0 Å². The largest absolute Gasteiger partial charge is 0.463 e. The molecule has 0 saturated carbocycles. The lowest BCUT2D eigenvalue weighted by Crippen LogP contribution is -2.60. The lowest BCUT2D eigenvalue weighted by molar-refractivity contribution is -0.270. The highest BCUT2D eigenvalue weighted by atomic mass is 16.7. The number of hydrogen-bond donors (Lipinski definition) is 0. The van der Waals surface area contributed by atoms with Crippen molar-refractivity contribution in [3.8, 4) is 0 Å². The third-order valence-corrected chi connectivity index (χ3v) is 7.11. The third-order valence-electron chi connectivity index (χ3n) is 7.11. The van der Waals surface area contributed by atoms with E-state index in [0.29, 0.717) is 5.69 Å². The van der Waals surface area contributed by atoms with E-state index in [-0.39, 0.29) is 24.7 Å². The van der Waals surface area contributed by atoms with Crippen LogP contribution in [0.3, 0.4) is 0 Å². The highest BCUT2D eigenvalue weighted by Gasteiger charge is 2.53. The number of furan rings is 1. The first-order valence-electron chi connectivity index (χ1n) is 14.5. The van der Waals surface area contributed by atoms with Crippen LogP contribution in [0.4, 0.5) is 0 Å². The zero-order valence-corrected chi connectivity index (χ0v) is 25.9. The average molecular weight is 649 g/mol. The second kappa shape index (κ2) is 14.2. The molecular formula is C32H32N4O11. The maximum atomic E-state index is 12.5. The molecule has 0 bridgehead atoms. The molecule has 5 rings (SSSR count). The van der Waals surface area contributed by atoms with Crippen LogP contribution in [0.15, 0.2) is 65.5 Å². The fraction of sp³-hybridized carbons (Fsp3) is 0.344. The molecule has 0 N–H and O–H groups in total. The van der Waals surface area contributed by atoms with Crippen molar-refractivity contribution in [1.29, 1.82) is 0 Å². The molecule has 5 atom stereocenters. The van der Waals surface area contributed by atoms with Crippen molar-refractivity contribution < 1.29 is 52.1 Å². The van der Waals surface area contributed by atoms with Gasteiger partial charge in [-0.05, 0) is 30.4 Å². The summed E-state index contributed by atoms with van der Waals surface area (Å²) >= 11 is 0. The first-order valence-corrected chi connectivity index (χ1v) is 14.5. The average Bonchev–Trinajstić information content (AvgIpc) is 3.78. The van der Waals surface area contributed by atoms with Crippen LogP contribution in [-0.4, -0.2) is 80.2 Å². The minimum atomic E-state index is -1.35. The molecule has 0 unspecified atom stereocenters. The molecule has 0 aliphatic carbocycles. The Balaban J connectivity index is 1.46. The summed E-state index contributed by atoms with van der Waals surface area (Å²) in [5, 5.41) is 9.39. The van der Waals surface area contributed by atoms with Gasteiger partial charge in [0, 0.05) is 50.4 Å². The number of aromatic nitrogens is 4. The smallest absolute Gasteiger partial charge is 0.303 e. The number of ether oxygens (including phenoxy) is 5. The summed E-state index contributed by atoms with van der Waals surface area (Å²) in [7, 11) is 0. The Kier molecular flexibility index (Phi) is 9.94. The van der Waals surface area contributed by atoms with Crippen molar-refractivity contribution in [3.63, 3.8) is 0 Å². The first-order chi connectivity index (χ1) is 22.5. The fourth-order valence-electron chi connectivity index (χ4n) is 5.31. The van der Waals surface area contributed by atoms with Gasteiger partial charge in [-0.25, -0.2) is 4.68 Å². The summed E-state index contributed by atoms with van der Waals surface area (Å²) in [6, 6.07) is 10.8. The molecule has 4 aromatic rings. The van der Waals surface area contributed by atoms with E-state index < -0.39 is 54.5 Å². The van der Waals surface area contributed by atoms with Crippen LogP contribution in [-0.2, 0) is 49.4 Å². The number of esters is 4. The van der Waals surface area contributed by atoms with Gasteiger partial charge in [0.05, 0.1) is 19.0 Å². The van der Waals surface area contributed by atoms with Gasteiger partial charge in [-0.3, -0.25) is 24.0 Å². The van der Waals surface area contributed by atoms with Crippen LogP contribution in [0.25, 0.3) is 17.0 Å². The molecule has 47 heavy (non-hydrogen) atoms. The number of ketones is 1. The number of carbonyl (C=O) groups excluding carboxylic acids is 5. The van der Waals surface area contributed by atoms with Crippen LogP contribution >= 0.6 is 0 Å². The Morgan fingerprint density at radius 3 is 2.23 bits per heavy atom. The molecule has 246 valence electrons. The number of benzene rings is 1. The molecule has 1 aromatic carbocycles. The second-order valence-electron chi connectivity index (χ2n) is 10.7. The number of fused-ring (bicyclic) bond motifs is 1. The molecule has 0 radical (unpaired) electrons. The molecule has 15 nitrogen and oxygen atoms in total. The van der Waals surface area contributed by atoms with E-state index in [4.69, 9.17) is 28.1 Å². The van der Waals surface area contributed by atoms with E-state index in [9.17, 15) is 24.0 Å². The summed E-state index contributed by atoms with van der Waals surface area (Å²) < 4.78 is 36.2.